The lowest BCUT2D eigenvalue weighted by atomic mass is 10.1. The average Bonchev–Trinajstić information content (AvgIpc) is 2.69. The first kappa shape index (κ1) is 9.67. The third kappa shape index (κ3) is 1.38. The highest BCUT2D eigenvalue weighted by Crippen LogP contribution is 2.37. The monoisotopic (exact) mass is 227 g/mol. The smallest absolute Gasteiger partial charge is 0.0586 e. The molecule has 0 aliphatic heterocycles. The number of rotatable bonds is 2. The van der Waals surface area contributed by atoms with Crippen LogP contribution >= 0.6 is 11.3 Å². The molecule has 3 aromatic rings. The fourth-order valence-corrected chi connectivity index (χ4v) is 3.27. The van der Waals surface area contributed by atoms with Gasteiger partial charge in [0.15, 0.2) is 0 Å². The maximum atomic E-state index is 3.42. The second-order valence-electron chi connectivity index (χ2n) is 3.81. The van der Waals surface area contributed by atoms with Crippen LogP contribution in [0.15, 0.2) is 42.5 Å². The normalized spacial score (nSPS) is 11.1. The maximum absolute atomic E-state index is 3.42. The zero-order chi connectivity index (χ0) is 11.0. The van der Waals surface area contributed by atoms with Gasteiger partial charge in [-0.05, 0) is 19.1 Å². The molecule has 2 heteroatoms. The standard InChI is InChI=1S/C14H13NS/c1-2-15-12-8-5-7-11-10-6-3-4-9-13(10)16-14(11)12/h3-9,15H,2H2,1H3. The number of thiophene rings is 1. The third-order valence-electron chi connectivity index (χ3n) is 2.77. The lowest BCUT2D eigenvalue weighted by Crippen LogP contribution is -1.95. The fraction of sp³-hybridized carbons (Fsp3) is 0.143. The van der Waals surface area contributed by atoms with Crippen molar-refractivity contribution in [1.29, 1.82) is 0 Å². The van der Waals surface area contributed by atoms with Crippen molar-refractivity contribution >= 4 is 37.2 Å². The lowest BCUT2D eigenvalue weighted by molar-refractivity contribution is 1.22. The molecule has 0 saturated carbocycles. The van der Waals surface area contributed by atoms with E-state index in [0.717, 1.165) is 6.54 Å². The van der Waals surface area contributed by atoms with Crippen LogP contribution in [0.4, 0.5) is 5.69 Å². The Morgan fingerprint density at radius 1 is 1.00 bits per heavy atom. The predicted octanol–water partition coefficient (Wildman–Crippen LogP) is 4.49. The third-order valence-corrected chi connectivity index (χ3v) is 3.99. The Labute approximate surface area is 98.7 Å². The molecule has 1 nitrogen and oxygen atoms in total. The van der Waals surface area contributed by atoms with Crippen LogP contribution in [-0.4, -0.2) is 6.54 Å². The zero-order valence-corrected chi connectivity index (χ0v) is 9.97. The van der Waals surface area contributed by atoms with Gasteiger partial charge in [-0.3, -0.25) is 0 Å². The molecule has 16 heavy (non-hydrogen) atoms. The summed E-state index contributed by atoms with van der Waals surface area (Å²) in [4.78, 5) is 0. The van der Waals surface area contributed by atoms with Gasteiger partial charge in [-0.15, -0.1) is 11.3 Å². The van der Waals surface area contributed by atoms with Crippen molar-refractivity contribution in [3.63, 3.8) is 0 Å². The zero-order valence-electron chi connectivity index (χ0n) is 9.16. The number of anilines is 1. The highest BCUT2D eigenvalue weighted by molar-refractivity contribution is 7.26. The van der Waals surface area contributed by atoms with E-state index in [2.05, 4.69) is 54.7 Å². The molecule has 0 aliphatic carbocycles. The van der Waals surface area contributed by atoms with Crippen molar-refractivity contribution in [1.82, 2.24) is 0 Å². The van der Waals surface area contributed by atoms with E-state index >= 15 is 0 Å². The second-order valence-corrected chi connectivity index (χ2v) is 4.86. The van der Waals surface area contributed by atoms with Crippen molar-refractivity contribution in [2.45, 2.75) is 6.92 Å². The van der Waals surface area contributed by atoms with Crippen LogP contribution in [0.3, 0.4) is 0 Å². The number of fused-ring (bicyclic) bond motifs is 3. The molecule has 1 heterocycles. The second kappa shape index (κ2) is 3.80. The molecule has 3 rings (SSSR count). The van der Waals surface area contributed by atoms with E-state index in [1.807, 2.05) is 11.3 Å². The van der Waals surface area contributed by atoms with Crippen LogP contribution < -0.4 is 5.32 Å². The molecule has 0 atom stereocenters. The van der Waals surface area contributed by atoms with E-state index in [9.17, 15) is 0 Å². The summed E-state index contributed by atoms with van der Waals surface area (Å²) in [6, 6.07) is 15.1. The van der Waals surface area contributed by atoms with Crippen molar-refractivity contribution in [2.24, 2.45) is 0 Å². The van der Waals surface area contributed by atoms with Crippen molar-refractivity contribution in [2.75, 3.05) is 11.9 Å². The molecule has 0 radical (unpaired) electrons. The Bertz CT molecular complexity index is 639. The lowest BCUT2D eigenvalue weighted by Gasteiger charge is -2.03. The molecule has 2 aromatic carbocycles. The van der Waals surface area contributed by atoms with Gasteiger partial charge in [-0.1, -0.05) is 30.3 Å². The van der Waals surface area contributed by atoms with Crippen LogP contribution in [-0.2, 0) is 0 Å². The quantitative estimate of drug-likeness (QED) is 0.680. The van der Waals surface area contributed by atoms with Crippen molar-refractivity contribution in [3.8, 4) is 0 Å². The van der Waals surface area contributed by atoms with Gasteiger partial charge in [0.05, 0.1) is 10.4 Å². The summed E-state index contributed by atoms with van der Waals surface area (Å²) < 4.78 is 2.73. The molecule has 0 amide bonds. The van der Waals surface area contributed by atoms with Crippen molar-refractivity contribution < 1.29 is 0 Å². The minimum atomic E-state index is 0.966. The maximum Gasteiger partial charge on any atom is 0.0586 e. The number of benzene rings is 2. The van der Waals surface area contributed by atoms with Gasteiger partial charge in [0.2, 0.25) is 0 Å². The summed E-state index contributed by atoms with van der Waals surface area (Å²) in [6.07, 6.45) is 0. The molecule has 0 aliphatic rings. The topological polar surface area (TPSA) is 12.0 Å². The first-order valence-electron chi connectivity index (χ1n) is 5.54. The van der Waals surface area contributed by atoms with Crippen LogP contribution in [0, 0.1) is 0 Å². The SMILES string of the molecule is CCNc1cccc2c1sc1ccccc12. The van der Waals surface area contributed by atoms with Gasteiger partial charge < -0.3 is 5.32 Å². The van der Waals surface area contributed by atoms with E-state index in [-0.39, 0.29) is 0 Å². The molecule has 80 valence electrons. The van der Waals surface area contributed by atoms with E-state index in [0.29, 0.717) is 0 Å². The van der Waals surface area contributed by atoms with Gasteiger partial charge in [0, 0.05) is 22.0 Å². The molecule has 1 aromatic heterocycles. The number of nitrogens with one attached hydrogen (secondary N) is 1. The number of hydrogen-bond donors (Lipinski definition) is 1. The minimum absolute atomic E-state index is 0.966. The van der Waals surface area contributed by atoms with Crippen molar-refractivity contribution in [3.05, 3.63) is 42.5 Å². The average molecular weight is 227 g/mol. The predicted molar refractivity (Wildman–Crippen MR) is 73.5 cm³/mol. The van der Waals surface area contributed by atoms with E-state index in [1.165, 1.54) is 25.9 Å². The Balaban J connectivity index is 2.39. The molecule has 0 spiro atoms. The summed E-state index contributed by atoms with van der Waals surface area (Å²) in [6.45, 7) is 3.10. The van der Waals surface area contributed by atoms with Crippen LogP contribution in [0.2, 0.25) is 0 Å². The Hall–Kier alpha value is -1.54. The molecule has 1 N–H and O–H groups in total. The highest BCUT2D eigenvalue weighted by Gasteiger charge is 2.06. The molecule has 0 bridgehead atoms. The summed E-state index contributed by atoms with van der Waals surface area (Å²) in [5, 5.41) is 6.15. The Morgan fingerprint density at radius 3 is 2.69 bits per heavy atom. The van der Waals surface area contributed by atoms with Crippen LogP contribution in [0.5, 0.6) is 0 Å². The summed E-state index contributed by atoms with van der Waals surface area (Å²) in [7, 11) is 0. The Morgan fingerprint density at radius 2 is 1.81 bits per heavy atom. The summed E-state index contributed by atoms with van der Waals surface area (Å²) in [5.74, 6) is 0. The molecule has 0 fully saturated rings. The van der Waals surface area contributed by atoms with Gasteiger partial charge in [0.25, 0.3) is 0 Å². The first-order valence-corrected chi connectivity index (χ1v) is 6.36. The fourth-order valence-electron chi connectivity index (χ4n) is 2.08. The molecule has 0 saturated heterocycles. The van der Waals surface area contributed by atoms with Crippen LogP contribution in [0.25, 0.3) is 20.2 Å². The van der Waals surface area contributed by atoms with E-state index in [4.69, 9.17) is 0 Å². The molecular weight excluding hydrogens is 214 g/mol. The van der Waals surface area contributed by atoms with E-state index < -0.39 is 0 Å². The number of hydrogen-bond acceptors (Lipinski definition) is 2. The Kier molecular flexibility index (Phi) is 2.29. The van der Waals surface area contributed by atoms with Gasteiger partial charge in [0.1, 0.15) is 0 Å². The highest BCUT2D eigenvalue weighted by atomic mass is 32.1. The van der Waals surface area contributed by atoms with Gasteiger partial charge in [-0.25, -0.2) is 0 Å². The van der Waals surface area contributed by atoms with Gasteiger partial charge >= 0.3 is 0 Å². The summed E-state index contributed by atoms with van der Waals surface area (Å²) >= 11 is 1.87. The molecular formula is C14H13NS. The first-order chi connectivity index (χ1) is 7.90. The largest absolute Gasteiger partial charge is 0.384 e. The molecule has 0 unspecified atom stereocenters. The summed E-state index contributed by atoms with van der Waals surface area (Å²) in [5.41, 5.74) is 1.25. The van der Waals surface area contributed by atoms with Crippen LogP contribution in [0.1, 0.15) is 6.92 Å². The van der Waals surface area contributed by atoms with E-state index in [1.54, 1.807) is 0 Å². The minimum Gasteiger partial charge on any atom is -0.384 e. The van der Waals surface area contributed by atoms with Gasteiger partial charge in [-0.2, -0.15) is 0 Å².